The first-order valence-corrected chi connectivity index (χ1v) is 5.46. The van der Waals surface area contributed by atoms with E-state index >= 15 is 0 Å². The summed E-state index contributed by atoms with van der Waals surface area (Å²) >= 11 is 0. The molecule has 0 aromatic carbocycles. The molecular formula is C11H22N2O2. The molecule has 88 valence electrons. The number of amides is 1. The highest BCUT2D eigenvalue weighted by Crippen LogP contribution is 2.15. The summed E-state index contributed by atoms with van der Waals surface area (Å²) in [5.41, 5.74) is -0.419. The summed E-state index contributed by atoms with van der Waals surface area (Å²) in [6.07, 6.45) is -0.311. The fraction of sp³-hybridized carbons (Fsp3) is 0.909. The van der Waals surface area contributed by atoms with Crippen LogP contribution in [0.25, 0.3) is 0 Å². The summed E-state index contributed by atoms with van der Waals surface area (Å²) < 4.78 is 5.21. The van der Waals surface area contributed by atoms with E-state index in [2.05, 4.69) is 24.2 Å². The van der Waals surface area contributed by atoms with E-state index in [1.54, 1.807) is 0 Å². The normalized spacial score (nSPS) is 27.8. The lowest BCUT2D eigenvalue weighted by Crippen LogP contribution is -2.42. The summed E-state index contributed by atoms with van der Waals surface area (Å²) in [5.74, 6) is 0.488. The van der Waals surface area contributed by atoms with Crippen LogP contribution in [0.15, 0.2) is 0 Å². The summed E-state index contributed by atoms with van der Waals surface area (Å²) in [6.45, 7) is 9.69. The lowest BCUT2D eigenvalue weighted by Gasteiger charge is -2.23. The maximum atomic E-state index is 11.5. The topological polar surface area (TPSA) is 41.6 Å². The molecule has 0 spiro atoms. The minimum absolute atomic E-state index is 0.213. The van der Waals surface area contributed by atoms with Gasteiger partial charge >= 0.3 is 6.09 Å². The van der Waals surface area contributed by atoms with Gasteiger partial charge < -0.3 is 15.0 Å². The molecule has 1 fully saturated rings. The van der Waals surface area contributed by atoms with Gasteiger partial charge in [-0.15, -0.1) is 0 Å². The zero-order valence-electron chi connectivity index (χ0n) is 10.3. The van der Waals surface area contributed by atoms with Crippen molar-refractivity contribution in [2.24, 2.45) is 5.92 Å². The van der Waals surface area contributed by atoms with Gasteiger partial charge in [0.15, 0.2) is 0 Å². The molecule has 2 atom stereocenters. The average molecular weight is 214 g/mol. The van der Waals surface area contributed by atoms with Crippen molar-refractivity contribution >= 4 is 6.09 Å². The maximum absolute atomic E-state index is 11.5. The van der Waals surface area contributed by atoms with E-state index in [-0.39, 0.29) is 12.1 Å². The van der Waals surface area contributed by atoms with E-state index < -0.39 is 5.60 Å². The number of ether oxygens (including phenoxy) is 1. The Morgan fingerprint density at radius 3 is 2.40 bits per heavy atom. The predicted molar refractivity (Wildman–Crippen MR) is 59.8 cm³/mol. The molecule has 15 heavy (non-hydrogen) atoms. The number of likely N-dealkylation sites (tertiary alicyclic amines) is 1. The van der Waals surface area contributed by atoms with E-state index in [4.69, 9.17) is 4.74 Å². The highest BCUT2D eigenvalue weighted by atomic mass is 16.6. The van der Waals surface area contributed by atoms with E-state index in [0.29, 0.717) is 5.92 Å². The van der Waals surface area contributed by atoms with Gasteiger partial charge in [-0.3, -0.25) is 0 Å². The molecular weight excluding hydrogens is 192 g/mol. The standard InChI is InChI=1S/C11H22N2O2/c1-8-6-13(5)7-9(8)12-10(14)15-11(2,3)4/h8-9H,6-7H2,1-5H3,(H,12,14)/t8-,9-/m0/s1. The Bertz CT molecular complexity index is 235. The largest absolute Gasteiger partial charge is 0.444 e. The number of rotatable bonds is 1. The Balaban J connectivity index is 2.39. The van der Waals surface area contributed by atoms with Crippen LogP contribution in [-0.4, -0.2) is 42.8 Å². The van der Waals surface area contributed by atoms with Gasteiger partial charge in [-0.25, -0.2) is 4.79 Å². The van der Waals surface area contributed by atoms with Crippen LogP contribution in [0.4, 0.5) is 4.79 Å². The third kappa shape index (κ3) is 4.08. The summed E-state index contributed by atoms with van der Waals surface area (Å²) in [6, 6.07) is 0.213. The molecule has 4 nitrogen and oxygen atoms in total. The molecule has 1 N–H and O–H groups in total. The fourth-order valence-corrected chi connectivity index (χ4v) is 1.86. The number of nitrogens with one attached hydrogen (secondary N) is 1. The Kier molecular flexibility index (Phi) is 3.60. The van der Waals surface area contributed by atoms with Crippen molar-refractivity contribution in [2.45, 2.75) is 39.3 Å². The van der Waals surface area contributed by atoms with Crippen LogP contribution < -0.4 is 5.32 Å². The Labute approximate surface area is 92.0 Å². The van der Waals surface area contributed by atoms with E-state index in [9.17, 15) is 4.79 Å². The van der Waals surface area contributed by atoms with Gasteiger partial charge in [0.25, 0.3) is 0 Å². The smallest absolute Gasteiger partial charge is 0.407 e. The van der Waals surface area contributed by atoms with Crippen LogP contribution in [-0.2, 0) is 4.74 Å². The Hall–Kier alpha value is -0.770. The first kappa shape index (κ1) is 12.3. The number of carbonyl (C=O) groups excluding carboxylic acids is 1. The first-order chi connectivity index (χ1) is 6.78. The van der Waals surface area contributed by atoms with Crippen molar-refractivity contribution in [3.8, 4) is 0 Å². The molecule has 0 aromatic heterocycles. The van der Waals surface area contributed by atoms with Crippen molar-refractivity contribution in [3.05, 3.63) is 0 Å². The third-order valence-electron chi connectivity index (χ3n) is 2.50. The maximum Gasteiger partial charge on any atom is 0.407 e. The summed E-state index contributed by atoms with van der Waals surface area (Å²) in [7, 11) is 2.06. The molecule has 0 bridgehead atoms. The van der Waals surface area contributed by atoms with Crippen molar-refractivity contribution in [1.82, 2.24) is 10.2 Å². The van der Waals surface area contributed by atoms with E-state index in [1.165, 1.54) is 0 Å². The Morgan fingerprint density at radius 2 is 2.00 bits per heavy atom. The SMILES string of the molecule is C[C@H]1CN(C)C[C@@H]1NC(=O)OC(C)(C)C. The van der Waals surface area contributed by atoms with Crippen LogP contribution in [0.5, 0.6) is 0 Å². The first-order valence-electron chi connectivity index (χ1n) is 5.46. The van der Waals surface area contributed by atoms with Crippen molar-refractivity contribution in [3.63, 3.8) is 0 Å². The summed E-state index contributed by atoms with van der Waals surface area (Å²) in [5, 5.41) is 2.91. The van der Waals surface area contributed by atoms with Crippen LogP contribution in [0.3, 0.4) is 0 Å². The quantitative estimate of drug-likeness (QED) is 0.718. The third-order valence-corrected chi connectivity index (χ3v) is 2.50. The highest BCUT2D eigenvalue weighted by molar-refractivity contribution is 5.68. The fourth-order valence-electron chi connectivity index (χ4n) is 1.86. The molecule has 1 aliphatic heterocycles. The van der Waals surface area contributed by atoms with Crippen LogP contribution in [0.1, 0.15) is 27.7 Å². The minimum atomic E-state index is -0.419. The van der Waals surface area contributed by atoms with Crippen LogP contribution in [0.2, 0.25) is 0 Å². The number of alkyl carbamates (subject to hydrolysis) is 1. The molecule has 4 heteroatoms. The molecule has 0 unspecified atom stereocenters. The van der Waals surface area contributed by atoms with Gasteiger partial charge in [-0.05, 0) is 33.7 Å². The molecule has 1 heterocycles. The van der Waals surface area contributed by atoms with E-state index in [1.807, 2.05) is 20.8 Å². The molecule has 0 saturated carbocycles. The molecule has 1 amide bonds. The molecule has 0 aliphatic carbocycles. The van der Waals surface area contributed by atoms with Gasteiger partial charge in [0.2, 0.25) is 0 Å². The van der Waals surface area contributed by atoms with Crippen molar-refractivity contribution in [2.75, 3.05) is 20.1 Å². The number of likely N-dealkylation sites (N-methyl/N-ethyl adjacent to an activating group) is 1. The van der Waals surface area contributed by atoms with E-state index in [0.717, 1.165) is 13.1 Å². The second-order valence-electron chi connectivity index (χ2n) is 5.45. The van der Waals surface area contributed by atoms with Crippen LogP contribution >= 0.6 is 0 Å². The van der Waals surface area contributed by atoms with Gasteiger partial charge in [0.05, 0.1) is 0 Å². The molecule has 0 radical (unpaired) electrons. The summed E-state index contributed by atoms with van der Waals surface area (Å²) in [4.78, 5) is 13.7. The molecule has 1 rings (SSSR count). The van der Waals surface area contributed by atoms with Crippen LogP contribution in [0, 0.1) is 5.92 Å². The average Bonchev–Trinajstić information content (AvgIpc) is 2.25. The number of hydrogen-bond acceptors (Lipinski definition) is 3. The molecule has 1 saturated heterocycles. The number of carbonyl (C=O) groups is 1. The van der Waals surface area contributed by atoms with Gasteiger partial charge in [0, 0.05) is 19.1 Å². The van der Waals surface area contributed by atoms with Gasteiger partial charge in [-0.2, -0.15) is 0 Å². The Morgan fingerprint density at radius 1 is 1.40 bits per heavy atom. The zero-order chi connectivity index (χ0) is 11.6. The zero-order valence-corrected chi connectivity index (χ0v) is 10.3. The number of hydrogen-bond donors (Lipinski definition) is 1. The van der Waals surface area contributed by atoms with Crippen molar-refractivity contribution in [1.29, 1.82) is 0 Å². The number of nitrogens with zero attached hydrogens (tertiary/aromatic N) is 1. The highest BCUT2D eigenvalue weighted by Gasteiger charge is 2.29. The van der Waals surface area contributed by atoms with Gasteiger partial charge in [0.1, 0.15) is 5.60 Å². The molecule has 1 aliphatic rings. The van der Waals surface area contributed by atoms with Gasteiger partial charge in [-0.1, -0.05) is 6.92 Å². The van der Waals surface area contributed by atoms with Crippen molar-refractivity contribution < 1.29 is 9.53 Å². The lowest BCUT2D eigenvalue weighted by atomic mass is 10.1. The second-order valence-corrected chi connectivity index (χ2v) is 5.45. The predicted octanol–water partition coefficient (Wildman–Crippen LogP) is 1.46. The molecule has 0 aromatic rings. The monoisotopic (exact) mass is 214 g/mol. The second kappa shape index (κ2) is 4.39. The minimum Gasteiger partial charge on any atom is -0.444 e. The lowest BCUT2D eigenvalue weighted by molar-refractivity contribution is 0.0498.